The van der Waals surface area contributed by atoms with Gasteiger partial charge in [-0.25, -0.2) is 8.42 Å². The number of methoxy groups -OCH3 is 1. The van der Waals surface area contributed by atoms with Gasteiger partial charge < -0.3 is 9.84 Å². The topological polar surface area (TPSA) is 63.6 Å². The van der Waals surface area contributed by atoms with Gasteiger partial charge >= 0.3 is 0 Å². The summed E-state index contributed by atoms with van der Waals surface area (Å²) in [5.74, 6) is 0.0182. The van der Waals surface area contributed by atoms with E-state index in [1.807, 2.05) is 13.0 Å². The molecule has 1 atom stereocenters. The molecular formula is C21H19BrO4S. The van der Waals surface area contributed by atoms with Gasteiger partial charge in [-0.3, -0.25) is 0 Å². The zero-order chi connectivity index (χ0) is 19.6. The SMILES string of the molecule is COc1cc(Br)cc(C(c2ccccc2)S(=O)(=O)c2ccc(C)cc2)c1O. The normalized spacial score (nSPS) is 12.6. The summed E-state index contributed by atoms with van der Waals surface area (Å²) in [7, 11) is -2.40. The molecule has 3 aromatic rings. The van der Waals surface area contributed by atoms with Crippen molar-refractivity contribution in [1.29, 1.82) is 0 Å². The second-order valence-electron chi connectivity index (χ2n) is 6.19. The Morgan fingerprint density at radius 3 is 2.22 bits per heavy atom. The van der Waals surface area contributed by atoms with Crippen molar-refractivity contribution >= 4 is 25.8 Å². The van der Waals surface area contributed by atoms with Crippen LogP contribution in [0.4, 0.5) is 0 Å². The van der Waals surface area contributed by atoms with Crippen LogP contribution < -0.4 is 4.74 Å². The molecule has 0 fully saturated rings. The maximum atomic E-state index is 13.5. The average molecular weight is 447 g/mol. The highest BCUT2D eigenvalue weighted by atomic mass is 79.9. The summed E-state index contributed by atoms with van der Waals surface area (Å²) in [5.41, 5.74) is 1.79. The summed E-state index contributed by atoms with van der Waals surface area (Å²) in [6.07, 6.45) is 0. The third kappa shape index (κ3) is 3.87. The minimum Gasteiger partial charge on any atom is -0.504 e. The molecular weight excluding hydrogens is 428 g/mol. The van der Waals surface area contributed by atoms with Crippen LogP contribution in [0.5, 0.6) is 11.5 Å². The van der Waals surface area contributed by atoms with E-state index < -0.39 is 15.1 Å². The summed E-state index contributed by atoms with van der Waals surface area (Å²) in [4.78, 5) is 0.195. The van der Waals surface area contributed by atoms with Crippen LogP contribution in [0, 0.1) is 6.92 Å². The van der Waals surface area contributed by atoms with E-state index in [9.17, 15) is 13.5 Å². The number of ether oxygens (including phenoxy) is 1. The first-order valence-electron chi connectivity index (χ1n) is 8.26. The minimum atomic E-state index is -3.82. The van der Waals surface area contributed by atoms with Crippen molar-refractivity contribution in [2.45, 2.75) is 17.1 Å². The third-order valence-electron chi connectivity index (χ3n) is 4.33. The van der Waals surface area contributed by atoms with Crippen LogP contribution in [0.2, 0.25) is 0 Å². The first-order chi connectivity index (χ1) is 12.8. The Kier molecular flexibility index (Phi) is 5.58. The molecule has 0 saturated carbocycles. The molecule has 0 aliphatic carbocycles. The van der Waals surface area contributed by atoms with E-state index in [1.54, 1.807) is 60.7 Å². The van der Waals surface area contributed by atoms with Gasteiger partial charge in [-0.1, -0.05) is 64.0 Å². The fourth-order valence-electron chi connectivity index (χ4n) is 2.97. The number of hydrogen-bond acceptors (Lipinski definition) is 4. The number of aryl methyl sites for hydroxylation is 1. The number of halogens is 1. The van der Waals surface area contributed by atoms with Crippen molar-refractivity contribution in [3.63, 3.8) is 0 Å². The second kappa shape index (κ2) is 7.74. The molecule has 0 aliphatic rings. The highest BCUT2D eigenvalue weighted by Crippen LogP contribution is 2.44. The molecule has 0 aromatic heterocycles. The van der Waals surface area contributed by atoms with Gasteiger partial charge in [0.25, 0.3) is 0 Å². The van der Waals surface area contributed by atoms with E-state index in [1.165, 1.54) is 7.11 Å². The van der Waals surface area contributed by atoms with Crippen molar-refractivity contribution in [2.24, 2.45) is 0 Å². The second-order valence-corrected chi connectivity index (χ2v) is 9.14. The Labute approximate surface area is 167 Å². The molecule has 140 valence electrons. The van der Waals surface area contributed by atoms with Crippen LogP contribution in [-0.2, 0) is 9.84 Å². The molecule has 0 amide bonds. The van der Waals surface area contributed by atoms with Crippen LogP contribution in [0.15, 0.2) is 76.1 Å². The van der Waals surface area contributed by atoms with Gasteiger partial charge in [0.1, 0.15) is 5.25 Å². The molecule has 0 saturated heterocycles. The molecule has 1 unspecified atom stereocenters. The molecule has 6 heteroatoms. The predicted molar refractivity (Wildman–Crippen MR) is 109 cm³/mol. The average Bonchev–Trinajstić information content (AvgIpc) is 2.65. The number of phenols is 1. The van der Waals surface area contributed by atoms with E-state index in [-0.39, 0.29) is 22.0 Å². The first-order valence-corrected chi connectivity index (χ1v) is 10.6. The van der Waals surface area contributed by atoms with Gasteiger partial charge in [-0.05, 0) is 36.8 Å². The number of sulfone groups is 1. The molecule has 0 radical (unpaired) electrons. The largest absolute Gasteiger partial charge is 0.504 e. The van der Waals surface area contributed by atoms with Crippen LogP contribution in [0.1, 0.15) is 21.9 Å². The fourth-order valence-corrected chi connectivity index (χ4v) is 5.24. The smallest absolute Gasteiger partial charge is 0.189 e. The monoisotopic (exact) mass is 446 g/mol. The number of rotatable bonds is 5. The Bertz CT molecular complexity index is 1050. The lowest BCUT2D eigenvalue weighted by Gasteiger charge is -2.21. The predicted octanol–water partition coefficient (Wildman–Crippen LogP) is 5.04. The molecule has 3 aromatic carbocycles. The minimum absolute atomic E-state index is 0.190. The van der Waals surface area contributed by atoms with Crippen molar-refractivity contribution in [1.82, 2.24) is 0 Å². The lowest BCUT2D eigenvalue weighted by atomic mass is 10.0. The zero-order valence-electron chi connectivity index (χ0n) is 14.9. The molecule has 1 N–H and O–H groups in total. The third-order valence-corrected chi connectivity index (χ3v) is 6.87. The Morgan fingerprint density at radius 1 is 1.00 bits per heavy atom. The molecule has 0 aliphatic heterocycles. The number of aromatic hydroxyl groups is 1. The van der Waals surface area contributed by atoms with Gasteiger partial charge in [-0.2, -0.15) is 0 Å². The van der Waals surface area contributed by atoms with Gasteiger partial charge in [-0.15, -0.1) is 0 Å². The summed E-state index contributed by atoms with van der Waals surface area (Å²) >= 11 is 3.38. The van der Waals surface area contributed by atoms with Crippen LogP contribution in [0.25, 0.3) is 0 Å². The van der Waals surface area contributed by atoms with E-state index >= 15 is 0 Å². The fraction of sp³-hybridized carbons (Fsp3) is 0.143. The molecule has 0 spiro atoms. The Hall–Kier alpha value is -2.31. The highest BCUT2D eigenvalue weighted by Gasteiger charge is 2.34. The van der Waals surface area contributed by atoms with E-state index in [0.717, 1.165) is 5.56 Å². The summed E-state index contributed by atoms with van der Waals surface area (Å²) in [6.45, 7) is 1.90. The zero-order valence-corrected chi connectivity index (χ0v) is 17.3. The van der Waals surface area contributed by atoms with Crippen LogP contribution in [-0.4, -0.2) is 20.6 Å². The Morgan fingerprint density at radius 2 is 1.63 bits per heavy atom. The number of benzene rings is 3. The maximum Gasteiger partial charge on any atom is 0.189 e. The molecule has 27 heavy (non-hydrogen) atoms. The standard InChI is InChI=1S/C21H19BrO4S/c1-14-8-10-17(11-9-14)27(24,25)21(15-6-4-3-5-7-15)18-12-16(22)13-19(26-2)20(18)23/h3-13,21,23H,1-2H3. The molecule has 0 bridgehead atoms. The molecule has 0 heterocycles. The summed E-state index contributed by atoms with van der Waals surface area (Å²) < 4.78 is 32.9. The van der Waals surface area contributed by atoms with E-state index in [0.29, 0.717) is 10.0 Å². The van der Waals surface area contributed by atoms with E-state index in [2.05, 4.69) is 15.9 Å². The van der Waals surface area contributed by atoms with Gasteiger partial charge in [0.15, 0.2) is 21.3 Å². The van der Waals surface area contributed by atoms with Crippen LogP contribution >= 0.6 is 15.9 Å². The van der Waals surface area contributed by atoms with Crippen LogP contribution in [0.3, 0.4) is 0 Å². The van der Waals surface area contributed by atoms with Crippen molar-refractivity contribution in [2.75, 3.05) is 7.11 Å². The lowest BCUT2D eigenvalue weighted by Crippen LogP contribution is -2.16. The number of phenolic OH excluding ortho intramolecular Hbond substituents is 1. The molecule has 4 nitrogen and oxygen atoms in total. The van der Waals surface area contributed by atoms with Gasteiger partial charge in [0.05, 0.1) is 12.0 Å². The van der Waals surface area contributed by atoms with E-state index in [4.69, 9.17) is 4.74 Å². The van der Waals surface area contributed by atoms with Gasteiger partial charge in [0.2, 0.25) is 0 Å². The quantitative estimate of drug-likeness (QED) is 0.596. The summed E-state index contributed by atoms with van der Waals surface area (Å²) in [6, 6.07) is 18.8. The van der Waals surface area contributed by atoms with Crippen molar-refractivity contribution < 1.29 is 18.3 Å². The van der Waals surface area contributed by atoms with Crippen molar-refractivity contribution in [3.05, 3.63) is 87.9 Å². The lowest BCUT2D eigenvalue weighted by molar-refractivity contribution is 0.370. The molecule has 3 rings (SSSR count). The maximum absolute atomic E-state index is 13.5. The first kappa shape index (κ1) is 19.5. The van der Waals surface area contributed by atoms with Crippen molar-refractivity contribution in [3.8, 4) is 11.5 Å². The van der Waals surface area contributed by atoms with Gasteiger partial charge in [0, 0.05) is 10.0 Å². The Balaban J connectivity index is 2.29. The summed E-state index contributed by atoms with van der Waals surface area (Å²) in [5, 5.41) is 9.61. The number of hydrogen-bond donors (Lipinski definition) is 1. The highest BCUT2D eigenvalue weighted by molar-refractivity contribution is 9.10.